The molecule has 0 aromatic carbocycles. The van der Waals surface area contributed by atoms with Crippen LogP contribution in [0.15, 0.2) is 0 Å². The van der Waals surface area contributed by atoms with Gasteiger partial charge in [0.25, 0.3) is 0 Å². The van der Waals surface area contributed by atoms with Crippen LogP contribution < -0.4 is 10.1 Å². The largest absolute Gasteiger partial charge is 0.481 e. The lowest BCUT2D eigenvalue weighted by atomic mass is 10.2. The van der Waals surface area contributed by atoms with Crippen molar-refractivity contribution in [3.63, 3.8) is 0 Å². The van der Waals surface area contributed by atoms with Gasteiger partial charge in [-0.3, -0.25) is 0 Å². The molecule has 1 aromatic heterocycles. The van der Waals surface area contributed by atoms with E-state index in [-0.39, 0.29) is 0 Å². The molecule has 0 spiro atoms. The van der Waals surface area contributed by atoms with Crippen molar-refractivity contribution in [3.8, 4) is 5.88 Å². The third kappa shape index (κ3) is 2.21. The minimum absolute atomic E-state index is 0.685. The first-order valence-corrected chi connectivity index (χ1v) is 6.02. The van der Waals surface area contributed by atoms with Gasteiger partial charge in [0.15, 0.2) is 0 Å². The van der Waals surface area contributed by atoms with Gasteiger partial charge in [-0.1, -0.05) is 12.8 Å². The first-order chi connectivity index (χ1) is 7.72. The van der Waals surface area contributed by atoms with Crippen LogP contribution >= 0.6 is 0 Å². The Labute approximate surface area is 97.0 Å². The number of nitrogens with zero attached hydrogens (tertiary/aromatic N) is 2. The molecule has 0 aliphatic heterocycles. The average molecular weight is 223 g/mol. The fourth-order valence-corrected chi connectivity index (χ4v) is 2.52. The summed E-state index contributed by atoms with van der Waals surface area (Å²) in [5, 5.41) is 7.97. The van der Waals surface area contributed by atoms with E-state index in [4.69, 9.17) is 4.74 Å². The second-order valence-electron chi connectivity index (χ2n) is 4.56. The van der Waals surface area contributed by atoms with Crippen LogP contribution in [0.25, 0.3) is 0 Å². The van der Waals surface area contributed by atoms with Gasteiger partial charge in [-0.2, -0.15) is 5.10 Å². The quantitative estimate of drug-likeness (QED) is 0.845. The number of nitrogens with one attached hydrogen (secondary N) is 1. The number of ether oxygens (including phenoxy) is 1. The highest BCUT2D eigenvalue weighted by Gasteiger charge is 2.18. The van der Waals surface area contributed by atoms with Crippen molar-refractivity contribution in [1.82, 2.24) is 15.1 Å². The third-order valence-electron chi connectivity index (χ3n) is 3.40. The zero-order chi connectivity index (χ0) is 11.5. The molecule has 1 aliphatic rings. The van der Waals surface area contributed by atoms with Gasteiger partial charge in [0.2, 0.25) is 5.88 Å². The molecule has 1 aliphatic carbocycles. The molecule has 90 valence electrons. The van der Waals surface area contributed by atoms with Gasteiger partial charge < -0.3 is 10.1 Å². The number of hydrogen-bond donors (Lipinski definition) is 1. The monoisotopic (exact) mass is 223 g/mol. The van der Waals surface area contributed by atoms with Gasteiger partial charge in [-0.25, -0.2) is 4.68 Å². The highest BCUT2D eigenvalue weighted by molar-refractivity contribution is 5.30. The molecule has 4 heteroatoms. The predicted octanol–water partition coefficient (Wildman–Crippen LogP) is 1.77. The summed E-state index contributed by atoms with van der Waals surface area (Å²) in [6, 6.07) is 0.685. The Balaban J connectivity index is 2.02. The standard InChI is InChI=1S/C12H21N3O/c1-9-11(12(16-3)15(2)14-9)8-13-10-6-4-5-7-10/h10,13H,4-8H2,1-3H3. The maximum Gasteiger partial charge on any atom is 0.216 e. The summed E-state index contributed by atoms with van der Waals surface area (Å²) >= 11 is 0. The Bertz CT molecular complexity index is 353. The van der Waals surface area contributed by atoms with Crippen molar-refractivity contribution in [2.45, 2.75) is 45.2 Å². The first-order valence-electron chi connectivity index (χ1n) is 6.02. The van der Waals surface area contributed by atoms with Gasteiger partial charge in [0.1, 0.15) is 0 Å². The Hall–Kier alpha value is -1.03. The molecule has 4 nitrogen and oxygen atoms in total. The van der Waals surface area contributed by atoms with E-state index in [1.54, 1.807) is 11.8 Å². The van der Waals surface area contributed by atoms with Gasteiger partial charge in [-0.15, -0.1) is 0 Å². The van der Waals surface area contributed by atoms with Crippen LogP contribution in [0.5, 0.6) is 5.88 Å². The van der Waals surface area contributed by atoms with E-state index in [9.17, 15) is 0 Å². The number of aromatic nitrogens is 2. The molecule has 1 aromatic rings. The Morgan fingerprint density at radius 2 is 2.12 bits per heavy atom. The van der Waals surface area contributed by atoms with E-state index in [1.165, 1.54) is 31.2 Å². The third-order valence-corrected chi connectivity index (χ3v) is 3.40. The Kier molecular flexibility index (Phi) is 3.49. The van der Waals surface area contributed by atoms with E-state index < -0.39 is 0 Å². The molecule has 0 amide bonds. The van der Waals surface area contributed by atoms with Crippen LogP contribution in [-0.2, 0) is 13.6 Å². The summed E-state index contributed by atoms with van der Waals surface area (Å²) in [5.41, 5.74) is 2.25. The SMILES string of the molecule is COc1c(CNC2CCCC2)c(C)nn1C. The molecule has 2 rings (SSSR count). The molecule has 0 saturated heterocycles. The number of hydrogen-bond acceptors (Lipinski definition) is 3. The normalized spacial score (nSPS) is 16.9. The van der Waals surface area contributed by atoms with E-state index in [1.807, 2.05) is 14.0 Å². The summed E-state index contributed by atoms with van der Waals surface area (Å²) in [7, 11) is 3.63. The van der Waals surface area contributed by atoms with Crippen molar-refractivity contribution in [1.29, 1.82) is 0 Å². The van der Waals surface area contributed by atoms with Crippen LogP contribution in [0.4, 0.5) is 0 Å². The maximum atomic E-state index is 5.37. The lowest BCUT2D eigenvalue weighted by molar-refractivity contribution is 0.366. The molecule has 0 bridgehead atoms. The van der Waals surface area contributed by atoms with E-state index in [0.717, 1.165) is 18.1 Å². The van der Waals surface area contributed by atoms with Gasteiger partial charge in [-0.05, 0) is 19.8 Å². The maximum absolute atomic E-state index is 5.37. The van der Waals surface area contributed by atoms with E-state index in [2.05, 4.69) is 10.4 Å². The van der Waals surface area contributed by atoms with Gasteiger partial charge in [0.05, 0.1) is 18.4 Å². The highest BCUT2D eigenvalue weighted by atomic mass is 16.5. The Morgan fingerprint density at radius 1 is 1.44 bits per heavy atom. The molecule has 0 unspecified atom stereocenters. The highest BCUT2D eigenvalue weighted by Crippen LogP contribution is 2.23. The minimum atomic E-state index is 0.685. The van der Waals surface area contributed by atoms with E-state index >= 15 is 0 Å². The molecule has 1 saturated carbocycles. The smallest absolute Gasteiger partial charge is 0.216 e. The van der Waals surface area contributed by atoms with Crippen molar-refractivity contribution in [2.75, 3.05) is 7.11 Å². The number of methoxy groups -OCH3 is 1. The van der Waals surface area contributed by atoms with Crippen LogP contribution in [0.3, 0.4) is 0 Å². The molecular formula is C12H21N3O. The zero-order valence-electron chi connectivity index (χ0n) is 10.4. The fraction of sp³-hybridized carbons (Fsp3) is 0.750. The van der Waals surface area contributed by atoms with Crippen molar-refractivity contribution in [3.05, 3.63) is 11.3 Å². The van der Waals surface area contributed by atoms with Crippen LogP contribution in [0.2, 0.25) is 0 Å². The lowest BCUT2D eigenvalue weighted by Crippen LogP contribution is -2.25. The summed E-state index contributed by atoms with van der Waals surface area (Å²) < 4.78 is 7.18. The van der Waals surface area contributed by atoms with Gasteiger partial charge >= 0.3 is 0 Å². The van der Waals surface area contributed by atoms with E-state index in [0.29, 0.717) is 6.04 Å². The summed E-state index contributed by atoms with van der Waals surface area (Å²) in [6.07, 6.45) is 5.34. The van der Waals surface area contributed by atoms with Crippen LogP contribution in [0, 0.1) is 6.92 Å². The van der Waals surface area contributed by atoms with Crippen molar-refractivity contribution >= 4 is 0 Å². The minimum Gasteiger partial charge on any atom is -0.481 e. The van der Waals surface area contributed by atoms with Gasteiger partial charge in [0, 0.05) is 19.6 Å². The molecular weight excluding hydrogens is 202 g/mol. The number of rotatable bonds is 4. The number of aryl methyl sites for hydroxylation is 2. The summed E-state index contributed by atoms with van der Waals surface area (Å²) in [4.78, 5) is 0. The van der Waals surface area contributed by atoms with Crippen LogP contribution in [0.1, 0.15) is 36.9 Å². The molecule has 16 heavy (non-hydrogen) atoms. The topological polar surface area (TPSA) is 39.1 Å². The molecule has 1 fully saturated rings. The van der Waals surface area contributed by atoms with Crippen LogP contribution in [-0.4, -0.2) is 22.9 Å². The van der Waals surface area contributed by atoms with Crippen molar-refractivity contribution < 1.29 is 4.74 Å². The second-order valence-corrected chi connectivity index (χ2v) is 4.56. The summed E-state index contributed by atoms with van der Waals surface area (Å²) in [6.45, 7) is 2.90. The average Bonchev–Trinajstić information content (AvgIpc) is 2.83. The lowest BCUT2D eigenvalue weighted by Gasteiger charge is -2.12. The van der Waals surface area contributed by atoms with Crippen molar-refractivity contribution in [2.24, 2.45) is 7.05 Å². The second kappa shape index (κ2) is 4.87. The first kappa shape index (κ1) is 11.5. The fourth-order valence-electron chi connectivity index (χ4n) is 2.52. The molecule has 1 heterocycles. The predicted molar refractivity (Wildman–Crippen MR) is 63.6 cm³/mol. The summed E-state index contributed by atoms with van der Waals surface area (Å²) in [5.74, 6) is 0.878. The zero-order valence-corrected chi connectivity index (χ0v) is 10.4. The molecule has 0 atom stereocenters. The molecule has 0 radical (unpaired) electrons. The Morgan fingerprint density at radius 3 is 2.75 bits per heavy atom. The molecule has 1 N–H and O–H groups in total.